The molecule has 0 aromatic carbocycles. The summed E-state index contributed by atoms with van der Waals surface area (Å²) < 4.78 is 7.44. The van der Waals surface area contributed by atoms with Gasteiger partial charge in [0.1, 0.15) is 12.4 Å². The molecule has 170 valence electrons. The van der Waals surface area contributed by atoms with Crippen molar-refractivity contribution >= 4 is 5.96 Å². The summed E-state index contributed by atoms with van der Waals surface area (Å²) >= 11 is 0. The zero-order valence-electron chi connectivity index (χ0n) is 19.2. The van der Waals surface area contributed by atoms with Crippen LogP contribution in [0.15, 0.2) is 4.99 Å². The van der Waals surface area contributed by atoms with E-state index in [2.05, 4.69) is 44.5 Å². The molecule has 3 heterocycles. The monoisotopic (exact) mass is 420 g/mol. The Morgan fingerprint density at radius 3 is 2.50 bits per heavy atom. The van der Waals surface area contributed by atoms with E-state index in [1.54, 1.807) is 0 Å². The van der Waals surface area contributed by atoms with Crippen molar-refractivity contribution in [1.29, 1.82) is 0 Å². The number of hydrogen-bond acceptors (Lipinski definition) is 6. The largest absolute Gasteiger partial charge is 0.379 e. The maximum Gasteiger partial charge on any atom is 0.191 e. The lowest BCUT2D eigenvalue weighted by atomic mass is 10.0. The van der Waals surface area contributed by atoms with Gasteiger partial charge in [0.25, 0.3) is 0 Å². The molecule has 3 rings (SSSR count). The number of hydrogen-bond donors (Lipinski definition) is 2. The van der Waals surface area contributed by atoms with Crippen LogP contribution in [-0.4, -0.2) is 95.6 Å². The van der Waals surface area contributed by atoms with E-state index in [4.69, 9.17) is 9.73 Å². The van der Waals surface area contributed by atoms with Crippen molar-refractivity contribution in [3.63, 3.8) is 0 Å². The molecule has 1 aromatic heterocycles. The normalized spacial score (nSPS) is 20.1. The minimum atomic E-state index is 0.462. The summed E-state index contributed by atoms with van der Waals surface area (Å²) in [6.45, 7) is 16.1. The van der Waals surface area contributed by atoms with E-state index in [0.717, 1.165) is 88.9 Å². The third kappa shape index (κ3) is 7.21. The Hall–Kier alpha value is -1.71. The number of piperidine rings is 1. The maximum atomic E-state index is 5.44. The van der Waals surface area contributed by atoms with Gasteiger partial charge < -0.3 is 24.8 Å². The van der Waals surface area contributed by atoms with Gasteiger partial charge in [-0.05, 0) is 25.7 Å². The Morgan fingerprint density at radius 1 is 1.13 bits per heavy atom. The number of ether oxygens (including phenoxy) is 1. The molecule has 0 spiro atoms. The first-order chi connectivity index (χ1) is 14.5. The van der Waals surface area contributed by atoms with E-state index < -0.39 is 0 Å². The van der Waals surface area contributed by atoms with Crippen molar-refractivity contribution in [1.82, 2.24) is 35.2 Å². The number of aryl methyl sites for hydroxylation is 1. The first kappa shape index (κ1) is 23.0. The SMILES string of the molecule is Cc1nnc(CN=C(NCCN2CCOCC2)NC2CCN(CC(C)C)CC2)n1C. The van der Waals surface area contributed by atoms with Crippen molar-refractivity contribution in [3.8, 4) is 0 Å². The molecule has 2 aliphatic heterocycles. The highest BCUT2D eigenvalue weighted by atomic mass is 16.5. The van der Waals surface area contributed by atoms with Crippen LogP contribution in [0, 0.1) is 12.8 Å². The molecular formula is C21H40N8O. The Balaban J connectivity index is 1.53. The molecule has 0 aliphatic carbocycles. The van der Waals surface area contributed by atoms with Crippen LogP contribution in [-0.2, 0) is 18.3 Å². The van der Waals surface area contributed by atoms with Crippen molar-refractivity contribution < 1.29 is 4.74 Å². The summed E-state index contributed by atoms with van der Waals surface area (Å²) in [7, 11) is 1.99. The van der Waals surface area contributed by atoms with Gasteiger partial charge in [0.2, 0.25) is 0 Å². The second-order valence-corrected chi connectivity index (χ2v) is 8.88. The Labute approximate surface area is 181 Å². The quantitative estimate of drug-likeness (QED) is 0.471. The van der Waals surface area contributed by atoms with E-state index in [0.29, 0.717) is 12.6 Å². The van der Waals surface area contributed by atoms with E-state index in [1.807, 2.05) is 18.5 Å². The summed E-state index contributed by atoms with van der Waals surface area (Å²) in [5, 5.41) is 15.6. The standard InChI is InChI=1S/C21H40N8O/c1-17(2)16-29-8-5-19(6-9-29)24-21(22-7-10-28-11-13-30-14-12-28)23-15-20-26-25-18(3)27(20)4/h17,19H,5-16H2,1-4H3,(H2,22,23,24). The predicted octanol–water partition coefficient (Wildman–Crippen LogP) is 0.611. The number of likely N-dealkylation sites (tertiary alicyclic amines) is 1. The van der Waals surface area contributed by atoms with Gasteiger partial charge in [0.15, 0.2) is 11.8 Å². The highest BCUT2D eigenvalue weighted by molar-refractivity contribution is 5.80. The smallest absolute Gasteiger partial charge is 0.191 e. The second kappa shape index (κ2) is 11.6. The fourth-order valence-electron chi connectivity index (χ4n) is 4.02. The summed E-state index contributed by atoms with van der Waals surface area (Å²) in [4.78, 5) is 9.84. The predicted molar refractivity (Wildman–Crippen MR) is 120 cm³/mol. The number of nitrogens with zero attached hydrogens (tertiary/aromatic N) is 6. The number of aromatic nitrogens is 3. The zero-order chi connectivity index (χ0) is 21.3. The van der Waals surface area contributed by atoms with Crippen molar-refractivity contribution in [3.05, 3.63) is 11.6 Å². The summed E-state index contributed by atoms with van der Waals surface area (Å²) in [6.07, 6.45) is 2.31. The molecule has 0 radical (unpaired) electrons. The topological polar surface area (TPSA) is 82.8 Å². The molecule has 9 nitrogen and oxygen atoms in total. The van der Waals surface area contributed by atoms with E-state index in [9.17, 15) is 0 Å². The Kier molecular flexibility index (Phi) is 8.89. The summed E-state index contributed by atoms with van der Waals surface area (Å²) in [5.41, 5.74) is 0. The molecule has 0 unspecified atom stereocenters. The van der Waals surface area contributed by atoms with Gasteiger partial charge >= 0.3 is 0 Å². The van der Waals surface area contributed by atoms with Crippen LogP contribution in [0.5, 0.6) is 0 Å². The lowest BCUT2D eigenvalue weighted by Gasteiger charge is -2.34. The Bertz CT molecular complexity index is 660. The molecule has 30 heavy (non-hydrogen) atoms. The molecule has 9 heteroatoms. The fraction of sp³-hybridized carbons (Fsp3) is 0.857. The first-order valence-corrected chi connectivity index (χ1v) is 11.4. The summed E-state index contributed by atoms with van der Waals surface area (Å²) in [5.74, 6) is 3.40. The first-order valence-electron chi connectivity index (χ1n) is 11.4. The zero-order valence-corrected chi connectivity index (χ0v) is 19.2. The minimum Gasteiger partial charge on any atom is -0.379 e. The number of aliphatic imine (C=N–C) groups is 1. The molecule has 0 bridgehead atoms. The van der Waals surface area contributed by atoms with Crippen LogP contribution in [0.25, 0.3) is 0 Å². The lowest BCUT2D eigenvalue weighted by molar-refractivity contribution is 0.0389. The molecule has 0 atom stereocenters. The average molecular weight is 421 g/mol. The molecule has 2 N–H and O–H groups in total. The van der Waals surface area contributed by atoms with Crippen LogP contribution in [0.3, 0.4) is 0 Å². The van der Waals surface area contributed by atoms with Crippen LogP contribution in [0.2, 0.25) is 0 Å². The summed E-state index contributed by atoms with van der Waals surface area (Å²) in [6, 6.07) is 0.462. The van der Waals surface area contributed by atoms with Crippen LogP contribution >= 0.6 is 0 Å². The Morgan fingerprint density at radius 2 is 1.87 bits per heavy atom. The number of guanidine groups is 1. The number of nitrogens with one attached hydrogen (secondary N) is 2. The van der Waals surface area contributed by atoms with Crippen LogP contribution < -0.4 is 10.6 Å². The van der Waals surface area contributed by atoms with Gasteiger partial charge in [0.05, 0.1) is 13.2 Å². The third-order valence-corrected chi connectivity index (χ3v) is 5.94. The van der Waals surface area contributed by atoms with Gasteiger partial charge in [0, 0.05) is 58.9 Å². The van der Waals surface area contributed by atoms with Gasteiger partial charge in [-0.1, -0.05) is 13.8 Å². The minimum absolute atomic E-state index is 0.462. The second-order valence-electron chi connectivity index (χ2n) is 8.88. The lowest BCUT2D eigenvalue weighted by Crippen LogP contribution is -2.50. The van der Waals surface area contributed by atoms with Crippen molar-refractivity contribution in [2.45, 2.75) is 46.2 Å². The fourth-order valence-corrected chi connectivity index (χ4v) is 4.02. The van der Waals surface area contributed by atoms with E-state index in [1.165, 1.54) is 6.54 Å². The number of morpholine rings is 1. The van der Waals surface area contributed by atoms with Crippen molar-refractivity contribution in [2.75, 3.05) is 59.0 Å². The van der Waals surface area contributed by atoms with Crippen molar-refractivity contribution in [2.24, 2.45) is 18.0 Å². The third-order valence-electron chi connectivity index (χ3n) is 5.94. The highest BCUT2D eigenvalue weighted by Crippen LogP contribution is 2.12. The molecular weight excluding hydrogens is 380 g/mol. The average Bonchev–Trinajstić information content (AvgIpc) is 3.06. The van der Waals surface area contributed by atoms with Crippen LogP contribution in [0.1, 0.15) is 38.3 Å². The molecule has 0 amide bonds. The molecule has 2 fully saturated rings. The highest BCUT2D eigenvalue weighted by Gasteiger charge is 2.20. The molecule has 2 aliphatic rings. The van der Waals surface area contributed by atoms with E-state index in [-0.39, 0.29) is 0 Å². The van der Waals surface area contributed by atoms with Gasteiger partial charge in [-0.15, -0.1) is 10.2 Å². The maximum absolute atomic E-state index is 5.44. The van der Waals surface area contributed by atoms with Crippen LogP contribution in [0.4, 0.5) is 0 Å². The molecule has 1 aromatic rings. The number of rotatable bonds is 8. The van der Waals surface area contributed by atoms with Gasteiger partial charge in [-0.25, -0.2) is 4.99 Å². The van der Waals surface area contributed by atoms with Gasteiger partial charge in [-0.3, -0.25) is 4.90 Å². The van der Waals surface area contributed by atoms with Gasteiger partial charge in [-0.2, -0.15) is 0 Å². The molecule has 0 saturated carbocycles. The molecule has 2 saturated heterocycles. The van der Waals surface area contributed by atoms with E-state index >= 15 is 0 Å².